The molecule has 2 aromatic rings. The standard InChI is InChI=1S/C13H15N3O4/c1-19-8-11-12(13(18)20-2)14-15-16(11)7-9-4-3-5-10(17)6-9/h3-6,17H,7-8H2,1-2H3. The van der Waals surface area contributed by atoms with Gasteiger partial charge in [0.1, 0.15) is 5.75 Å². The van der Waals surface area contributed by atoms with Gasteiger partial charge in [-0.15, -0.1) is 5.10 Å². The van der Waals surface area contributed by atoms with Gasteiger partial charge in [0.05, 0.1) is 26.0 Å². The van der Waals surface area contributed by atoms with Gasteiger partial charge < -0.3 is 14.6 Å². The molecule has 106 valence electrons. The third kappa shape index (κ3) is 2.94. The summed E-state index contributed by atoms with van der Waals surface area (Å²) in [6.45, 7) is 0.563. The number of methoxy groups -OCH3 is 2. The van der Waals surface area contributed by atoms with Gasteiger partial charge in [-0.2, -0.15) is 0 Å². The van der Waals surface area contributed by atoms with Crippen molar-refractivity contribution in [3.05, 3.63) is 41.2 Å². The van der Waals surface area contributed by atoms with Gasteiger partial charge in [-0.1, -0.05) is 17.3 Å². The normalized spacial score (nSPS) is 10.5. The second kappa shape index (κ2) is 6.16. The molecule has 1 heterocycles. The molecule has 0 spiro atoms. The Morgan fingerprint density at radius 1 is 1.40 bits per heavy atom. The van der Waals surface area contributed by atoms with Crippen molar-refractivity contribution >= 4 is 5.97 Å². The molecule has 2 rings (SSSR count). The average molecular weight is 277 g/mol. The van der Waals surface area contributed by atoms with Crippen LogP contribution in [0.5, 0.6) is 5.75 Å². The summed E-state index contributed by atoms with van der Waals surface area (Å²) in [4.78, 5) is 11.6. The highest BCUT2D eigenvalue weighted by molar-refractivity contribution is 5.88. The minimum absolute atomic E-state index is 0.134. The Morgan fingerprint density at radius 2 is 2.20 bits per heavy atom. The van der Waals surface area contributed by atoms with Crippen LogP contribution in [0.15, 0.2) is 24.3 Å². The molecule has 0 aliphatic rings. The number of nitrogens with zero attached hydrogens (tertiary/aromatic N) is 3. The third-order valence-electron chi connectivity index (χ3n) is 2.74. The van der Waals surface area contributed by atoms with E-state index in [-0.39, 0.29) is 18.1 Å². The highest BCUT2D eigenvalue weighted by atomic mass is 16.5. The van der Waals surface area contributed by atoms with Gasteiger partial charge >= 0.3 is 5.97 Å². The number of phenols is 1. The molecule has 0 unspecified atom stereocenters. The fourth-order valence-corrected chi connectivity index (χ4v) is 1.82. The molecule has 1 N–H and O–H groups in total. The van der Waals surface area contributed by atoms with Crippen molar-refractivity contribution in [3.63, 3.8) is 0 Å². The van der Waals surface area contributed by atoms with Gasteiger partial charge in [0.2, 0.25) is 0 Å². The molecular formula is C13H15N3O4. The topological polar surface area (TPSA) is 86.5 Å². The minimum atomic E-state index is -0.556. The van der Waals surface area contributed by atoms with Crippen LogP contribution in [0.25, 0.3) is 0 Å². The number of aromatic hydroxyl groups is 1. The van der Waals surface area contributed by atoms with E-state index < -0.39 is 5.97 Å². The lowest BCUT2D eigenvalue weighted by Crippen LogP contribution is -2.11. The monoisotopic (exact) mass is 277 g/mol. The van der Waals surface area contributed by atoms with Crippen molar-refractivity contribution < 1.29 is 19.4 Å². The summed E-state index contributed by atoms with van der Waals surface area (Å²) in [6.07, 6.45) is 0. The van der Waals surface area contributed by atoms with Crippen LogP contribution >= 0.6 is 0 Å². The lowest BCUT2D eigenvalue weighted by Gasteiger charge is -2.07. The first-order valence-electron chi connectivity index (χ1n) is 5.93. The Morgan fingerprint density at radius 3 is 2.85 bits per heavy atom. The van der Waals surface area contributed by atoms with Gasteiger partial charge in [0.15, 0.2) is 5.69 Å². The highest BCUT2D eigenvalue weighted by Crippen LogP contribution is 2.15. The van der Waals surface area contributed by atoms with Gasteiger partial charge in [0, 0.05) is 7.11 Å². The first-order valence-corrected chi connectivity index (χ1v) is 5.93. The number of aromatic nitrogens is 3. The first-order chi connectivity index (χ1) is 9.65. The summed E-state index contributed by atoms with van der Waals surface area (Å²) in [5, 5.41) is 17.2. The maximum absolute atomic E-state index is 11.6. The number of hydrogen-bond donors (Lipinski definition) is 1. The third-order valence-corrected chi connectivity index (χ3v) is 2.74. The number of rotatable bonds is 5. The first kappa shape index (κ1) is 14.0. The minimum Gasteiger partial charge on any atom is -0.508 e. The Hall–Kier alpha value is -2.41. The molecule has 1 aromatic heterocycles. The van der Waals surface area contributed by atoms with Crippen LogP contribution < -0.4 is 0 Å². The predicted molar refractivity (Wildman–Crippen MR) is 69.3 cm³/mol. The molecule has 7 nitrogen and oxygen atoms in total. The smallest absolute Gasteiger partial charge is 0.360 e. The number of hydrogen-bond acceptors (Lipinski definition) is 6. The number of ether oxygens (including phenoxy) is 2. The van der Waals surface area contributed by atoms with Crippen LogP contribution in [0, 0.1) is 0 Å². The molecule has 0 saturated heterocycles. The fraction of sp³-hybridized carbons (Fsp3) is 0.308. The van der Waals surface area contributed by atoms with E-state index >= 15 is 0 Å². The lowest BCUT2D eigenvalue weighted by molar-refractivity contribution is 0.0588. The number of carbonyl (C=O) groups is 1. The van der Waals surface area contributed by atoms with E-state index in [1.807, 2.05) is 6.07 Å². The zero-order valence-electron chi connectivity index (χ0n) is 11.2. The van der Waals surface area contributed by atoms with E-state index in [4.69, 9.17) is 4.74 Å². The molecule has 7 heteroatoms. The SMILES string of the molecule is COCc1c(C(=O)OC)nnn1Cc1cccc(O)c1. The van der Waals surface area contributed by atoms with Gasteiger partial charge in [0.25, 0.3) is 0 Å². The molecular weight excluding hydrogens is 262 g/mol. The molecule has 20 heavy (non-hydrogen) atoms. The van der Waals surface area contributed by atoms with Crippen LogP contribution in [0.4, 0.5) is 0 Å². The molecule has 0 amide bonds. The van der Waals surface area contributed by atoms with E-state index in [2.05, 4.69) is 15.0 Å². The largest absolute Gasteiger partial charge is 0.508 e. The number of phenolic OH excluding ortho intramolecular Hbond substituents is 1. The van der Waals surface area contributed by atoms with Gasteiger partial charge in [-0.05, 0) is 17.7 Å². The maximum atomic E-state index is 11.6. The van der Waals surface area contributed by atoms with Gasteiger partial charge in [-0.25, -0.2) is 9.48 Å². The summed E-state index contributed by atoms with van der Waals surface area (Å²) >= 11 is 0. The maximum Gasteiger partial charge on any atom is 0.360 e. The summed E-state index contributed by atoms with van der Waals surface area (Å²) < 4.78 is 11.3. The Kier molecular flexibility index (Phi) is 4.31. The second-order valence-electron chi connectivity index (χ2n) is 4.14. The average Bonchev–Trinajstić information content (AvgIpc) is 2.82. The van der Waals surface area contributed by atoms with Crippen LogP contribution in [0.2, 0.25) is 0 Å². The van der Waals surface area contributed by atoms with E-state index in [1.165, 1.54) is 14.2 Å². The Labute approximate surface area is 115 Å². The van der Waals surface area contributed by atoms with E-state index in [0.29, 0.717) is 12.2 Å². The van der Waals surface area contributed by atoms with Crippen LogP contribution in [0.1, 0.15) is 21.7 Å². The van der Waals surface area contributed by atoms with Crippen LogP contribution in [-0.4, -0.2) is 40.3 Å². The summed E-state index contributed by atoms with van der Waals surface area (Å²) in [5.41, 5.74) is 1.50. The molecule has 0 bridgehead atoms. The van der Waals surface area contributed by atoms with Crippen LogP contribution in [-0.2, 0) is 22.6 Å². The zero-order chi connectivity index (χ0) is 14.5. The zero-order valence-corrected chi connectivity index (χ0v) is 11.2. The number of benzene rings is 1. The van der Waals surface area contributed by atoms with Crippen molar-refractivity contribution in [1.82, 2.24) is 15.0 Å². The Balaban J connectivity index is 2.31. The van der Waals surface area contributed by atoms with Gasteiger partial charge in [-0.3, -0.25) is 0 Å². The molecule has 0 fully saturated rings. The quantitative estimate of drug-likeness (QED) is 0.819. The highest BCUT2D eigenvalue weighted by Gasteiger charge is 2.20. The lowest BCUT2D eigenvalue weighted by atomic mass is 10.2. The summed E-state index contributed by atoms with van der Waals surface area (Å²) in [7, 11) is 2.81. The van der Waals surface area contributed by atoms with E-state index in [9.17, 15) is 9.90 Å². The van der Waals surface area contributed by atoms with Crippen molar-refractivity contribution in [1.29, 1.82) is 0 Å². The number of carbonyl (C=O) groups excluding carboxylic acids is 1. The molecule has 1 aromatic carbocycles. The second-order valence-corrected chi connectivity index (χ2v) is 4.14. The summed E-state index contributed by atoms with van der Waals surface area (Å²) in [5.74, 6) is -0.386. The van der Waals surface area contributed by atoms with Crippen molar-refractivity contribution in [2.75, 3.05) is 14.2 Å². The molecule has 0 aliphatic heterocycles. The molecule has 0 saturated carbocycles. The number of esters is 1. The fourth-order valence-electron chi connectivity index (χ4n) is 1.82. The summed E-state index contributed by atoms with van der Waals surface area (Å²) in [6, 6.07) is 6.78. The van der Waals surface area contributed by atoms with E-state index in [1.54, 1.807) is 22.9 Å². The van der Waals surface area contributed by atoms with Crippen molar-refractivity contribution in [3.8, 4) is 5.75 Å². The van der Waals surface area contributed by atoms with Crippen molar-refractivity contribution in [2.45, 2.75) is 13.2 Å². The van der Waals surface area contributed by atoms with Crippen molar-refractivity contribution in [2.24, 2.45) is 0 Å². The van der Waals surface area contributed by atoms with E-state index in [0.717, 1.165) is 5.56 Å². The predicted octanol–water partition coefficient (Wildman–Crippen LogP) is 0.965. The van der Waals surface area contributed by atoms with Crippen LogP contribution in [0.3, 0.4) is 0 Å². The molecule has 0 aliphatic carbocycles. The molecule has 0 atom stereocenters. The Bertz CT molecular complexity index is 609. The molecule has 0 radical (unpaired) electrons.